The lowest BCUT2D eigenvalue weighted by molar-refractivity contribution is -0.117. The first-order chi connectivity index (χ1) is 17.5. The summed E-state index contributed by atoms with van der Waals surface area (Å²) >= 11 is 1.32. The smallest absolute Gasteiger partial charge is 0.225 e. The van der Waals surface area contributed by atoms with Crippen molar-refractivity contribution in [2.75, 3.05) is 5.32 Å². The van der Waals surface area contributed by atoms with Gasteiger partial charge in [-0.25, -0.2) is 4.98 Å². The third-order valence-electron chi connectivity index (χ3n) is 6.30. The first-order valence-corrected chi connectivity index (χ1v) is 12.4. The van der Waals surface area contributed by atoms with Gasteiger partial charge in [0.15, 0.2) is 5.01 Å². The molecule has 1 heterocycles. The zero-order chi connectivity index (χ0) is 26.9. The van der Waals surface area contributed by atoms with Crippen LogP contribution in [0, 0.1) is 18.3 Å². The fourth-order valence-electron chi connectivity index (χ4n) is 4.28. The number of ether oxygens (including phenoxy) is 1. The van der Waals surface area contributed by atoms with Gasteiger partial charge in [0.25, 0.3) is 0 Å². The lowest BCUT2D eigenvalue weighted by atomic mass is 9.78. The number of hydrogen-bond acceptors (Lipinski definition) is 7. The van der Waals surface area contributed by atoms with Crippen molar-refractivity contribution in [3.63, 3.8) is 0 Å². The quantitative estimate of drug-likeness (QED) is 0.311. The van der Waals surface area contributed by atoms with Crippen LogP contribution in [-0.2, 0) is 16.8 Å². The fourth-order valence-corrected chi connectivity index (χ4v) is 5.07. The van der Waals surface area contributed by atoms with E-state index in [-0.39, 0.29) is 23.8 Å². The topological polar surface area (TPSA) is 115 Å². The molecule has 1 aromatic heterocycles. The maximum Gasteiger partial charge on any atom is 0.225 e. The van der Waals surface area contributed by atoms with Crippen LogP contribution in [0.15, 0.2) is 42.5 Å². The molecule has 0 spiro atoms. The minimum absolute atomic E-state index is 0.0250. The summed E-state index contributed by atoms with van der Waals surface area (Å²) in [5.41, 5.74) is 2.39. The van der Waals surface area contributed by atoms with E-state index in [9.17, 15) is 15.0 Å². The van der Waals surface area contributed by atoms with E-state index >= 15 is 0 Å². The van der Waals surface area contributed by atoms with Crippen molar-refractivity contribution in [1.29, 1.82) is 5.26 Å². The molecule has 0 saturated heterocycles. The highest BCUT2D eigenvalue weighted by Crippen LogP contribution is 2.32. The van der Waals surface area contributed by atoms with Gasteiger partial charge in [-0.05, 0) is 42.8 Å². The number of carbonyl (C=O) groups excluding carboxylic acids is 1. The maximum absolute atomic E-state index is 12.8. The van der Waals surface area contributed by atoms with Crippen LogP contribution in [0.4, 0.5) is 5.69 Å². The summed E-state index contributed by atoms with van der Waals surface area (Å²) in [6.45, 7) is 13.4. The van der Waals surface area contributed by atoms with Gasteiger partial charge >= 0.3 is 0 Å². The van der Waals surface area contributed by atoms with Crippen molar-refractivity contribution in [1.82, 2.24) is 4.98 Å². The van der Waals surface area contributed by atoms with Crippen LogP contribution in [-0.4, -0.2) is 21.1 Å². The number of carbonyl (C=O) groups is 1. The zero-order valence-corrected chi connectivity index (χ0v) is 21.7. The summed E-state index contributed by atoms with van der Waals surface area (Å²) in [6, 6.07) is 14.9. The molecule has 7 nitrogen and oxygen atoms in total. The molecular weight excluding hydrogens is 486 g/mol. The van der Waals surface area contributed by atoms with Crippen LogP contribution >= 0.6 is 11.3 Å². The maximum atomic E-state index is 12.8. The Kier molecular flexibility index (Phi) is 6.92. The molecule has 0 fully saturated rings. The second kappa shape index (κ2) is 9.96. The van der Waals surface area contributed by atoms with E-state index in [4.69, 9.17) is 10.00 Å². The summed E-state index contributed by atoms with van der Waals surface area (Å²) in [7, 11) is 0. The average Bonchev–Trinajstić information content (AvgIpc) is 3.28. The van der Waals surface area contributed by atoms with E-state index in [0.29, 0.717) is 44.6 Å². The summed E-state index contributed by atoms with van der Waals surface area (Å²) in [5, 5.41) is 34.0. The molecule has 3 N–H and O–H groups in total. The first-order valence-electron chi connectivity index (χ1n) is 11.6. The highest BCUT2D eigenvalue weighted by atomic mass is 32.1. The average molecular weight is 514 g/mol. The number of fused-ring (bicyclic) bond motifs is 1. The molecule has 1 amide bonds. The van der Waals surface area contributed by atoms with Crippen LogP contribution in [0.3, 0.4) is 0 Å². The van der Waals surface area contributed by atoms with Gasteiger partial charge in [0.05, 0.1) is 10.2 Å². The third kappa shape index (κ3) is 5.27. The minimum Gasteiger partial charge on any atom is -0.507 e. The Balaban J connectivity index is 1.40. The van der Waals surface area contributed by atoms with Crippen molar-refractivity contribution in [2.45, 2.75) is 39.2 Å². The molecule has 0 aliphatic rings. The number of phenols is 2. The summed E-state index contributed by atoms with van der Waals surface area (Å²) < 4.78 is 6.77. The van der Waals surface area contributed by atoms with Crippen molar-refractivity contribution in [3.05, 3.63) is 74.6 Å². The molecule has 0 bridgehead atoms. The van der Waals surface area contributed by atoms with Crippen LogP contribution in [0.1, 0.15) is 42.0 Å². The predicted molar refractivity (Wildman–Crippen MR) is 146 cm³/mol. The Morgan fingerprint density at radius 1 is 1.14 bits per heavy atom. The van der Waals surface area contributed by atoms with Crippen molar-refractivity contribution < 1.29 is 19.7 Å². The molecule has 0 aliphatic carbocycles. The molecule has 0 saturated carbocycles. The number of nitrogens with zero attached hydrogens (tertiary/aromatic N) is 2. The molecule has 4 rings (SSSR count). The molecule has 8 heteroatoms. The van der Waals surface area contributed by atoms with Crippen LogP contribution in [0.2, 0.25) is 0 Å². The van der Waals surface area contributed by atoms with Crippen molar-refractivity contribution in [2.24, 2.45) is 0 Å². The molecule has 0 radical (unpaired) electrons. The lowest BCUT2D eigenvalue weighted by Gasteiger charge is -2.27. The van der Waals surface area contributed by atoms with Crippen molar-refractivity contribution >= 4 is 46.3 Å². The fraction of sp³-hybridized carbons (Fsp3) is 0.207. The van der Waals surface area contributed by atoms with Crippen molar-refractivity contribution in [3.8, 4) is 23.3 Å². The van der Waals surface area contributed by atoms with E-state index in [1.165, 1.54) is 11.3 Å². The van der Waals surface area contributed by atoms with Gasteiger partial charge in [-0.2, -0.15) is 5.26 Å². The van der Waals surface area contributed by atoms with Gasteiger partial charge in [-0.1, -0.05) is 39.1 Å². The molecular formula is C29H27N3O4S. The Morgan fingerprint density at radius 3 is 2.51 bits per heavy atom. The van der Waals surface area contributed by atoms with Gasteiger partial charge in [0.1, 0.15) is 29.9 Å². The number of benzene rings is 3. The summed E-state index contributed by atoms with van der Waals surface area (Å²) in [4.78, 5) is 17.1. The molecule has 4 aromatic rings. The first kappa shape index (κ1) is 25.7. The predicted octanol–water partition coefficient (Wildman–Crippen LogP) is 4.59. The number of phenolic OH excluding ortho intramolecular Hbond substituents is 2. The summed E-state index contributed by atoms with van der Waals surface area (Å²) in [5.74, 6) is 0.361. The van der Waals surface area contributed by atoms with Crippen LogP contribution < -0.4 is 20.5 Å². The highest BCUT2D eigenvalue weighted by molar-refractivity contribution is 7.19. The molecule has 3 aromatic carbocycles. The number of aromatic nitrogens is 1. The number of nitrogens with one attached hydrogen (secondary N) is 1. The number of thiazole rings is 1. The van der Waals surface area contributed by atoms with Gasteiger partial charge < -0.3 is 20.3 Å². The highest BCUT2D eigenvalue weighted by Gasteiger charge is 2.30. The van der Waals surface area contributed by atoms with E-state index in [0.717, 1.165) is 15.8 Å². The lowest BCUT2D eigenvalue weighted by Crippen LogP contribution is -2.33. The number of amides is 1. The van der Waals surface area contributed by atoms with E-state index in [2.05, 4.69) is 29.5 Å². The molecule has 0 unspecified atom stereocenters. The second-order valence-corrected chi connectivity index (χ2v) is 10.5. The van der Waals surface area contributed by atoms with E-state index < -0.39 is 5.41 Å². The number of hydrogen-bond donors (Lipinski definition) is 3. The Bertz CT molecular complexity index is 1650. The van der Waals surface area contributed by atoms with Crippen LogP contribution in [0.5, 0.6) is 17.2 Å². The molecule has 0 atom stereocenters. The summed E-state index contributed by atoms with van der Waals surface area (Å²) in [6.07, 6.45) is 0.0590. The normalized spacial score (nSPS) is 11.3. The SMILES string of the molecule is C=c1c(C)c(O)c(=C)c(C(C)(C)CC(=O)Nc2ccc(COc3ccc4nc(C#N)sc4c3)cc2)c1O. The number of anilines is 1. The van der Waals surface area contributed by atoms with Gasteiger partial charge in [-0.15, -0.1) is 11.3 Å². The van der Waals surface area contributed by atoms with Gasteiger partial charge in [-0.3, -0.25) is 4.79 Å². The monoisotopic (exact) mass is 513 g/mol. The third-order valence-corrected chi connectivity index (χ3v) is 7.22. The van der Waals surface area contributed by atoms with E-state index in [1.54, 1.807) is 19.1 Å². The Hall–Kier alpha value is -4.35. The largest absolute Gasteiger partial charge is 0.507 e. The molecule has 188 valence electrons. The number of nitriles is 1. The van der Waals surface area contributed by atoms with E-state index in [1.807, 2.05) is 44.2 Å². The number of rotatable bonds is 7. The molecule has 0 aliphatic heterocycles. The zero-order valence-electron chi connectivity index (χ0n) is 20.9. The second-order valence-electron chi connectivity index (χ2n) is 9.51. The Labute approximate surface area is 218 Å². The standard InChI is InChI=1S/C29H27N3O4S/c1-16-17(2)28(35)26(18(3)27(16)34)29(4,5)13-24(33)31-20-8-6-19(7-9-20)15-36-21-10-11-22-23(12-21)37-25(14-30)32-22/h6-12,34-35H,2-3,13,15H2,1,4-5H3,(H,31,33). The number of aromatic hydroxyl groups is 2. The van der Waals surface area contributed by atoms with Crippen LogP contribution in [0.25, 0.3) is 23.4 Å². The molecule has 37 heavy (non-hydrogen) atoms. The van der Waals surface area contributed by atoms with Gasteiger partial charge in [0.2, 0.25) is 5.91 Å². The van der Waals surface area contributed by atoms with Gasteiger partial charge in [0, 0.05) is 39.1 Å². The minimum atomic E-state index is -0.802. The Morgan fingerprint density at radius 2 is 1.84 bits per heavy atom.